The summed E-state index contributed by atoms with van der Waals surface area (Å²) >= 11 is 0. The number of urea groups is 1. The monoisotopic (exact) mass is 619 g/mol. The second-order valence-electron chi connectivity index (χ2n) is 10.4. The third-order valence-corrected chi connectivity index (χ3v) is 6.95. The van der Waals surface area contributed by atoms with Crippen molar-refractivity contribution in [1.82, 2.24) is 16.0 Å². The smallest absolute Gasteiger partial charge is 0.315 e. The molecule has 2 aliphatic rings. The number of unbranched alkanes of at least 4 members (excludes halogenated alkanes) is 1. The van der Waals surface area contributed by atoms with Gasteiger partial charge in [0.2, 0.25) is 5.91 Å². The SMILES string of the molecule is COC[C@H]1C[C@@H](NC(=O)NCCCCO[C@@H]2O[C@H](COC(C)=O)[C@H](OC(C)=O)[C@H](OC(C)=O)[C@H]2NC(C)=O)[C@@H](OC)C1O. The van der Waals surface area contributed by atoms with Crippen LogP contribution >= 0.6 is 0 Å². The van der Waals surface area contributed by atoms with Crippen LogP contribution in [0.2, 0.25) is 0 Å². The van der Waals surface area contributed by atoms with Gasteiger partial charge in [0.15, 0.2) is 18.5 Å². The van der Waals surface area contributed by atoms with Gasteiger partial charge in [-0.3, -0.25) is 19.2 Å². The van der Waals surface area contributed by atoms with E-state index in [-0.39, 0.29) is 25.2 Å². The molecule has 0 aromatic carbocycles. The number of hydrogen-bond donors (Lipinski definition) is 4. The van der Waals surface area contributed by atoms with E-state index in [1.54, 1.807) is 7.11 Å². The number of aliphatic hydroxyl groups excluding tert-OH is 1. The quantitative estimate of drug-likeness (QED) is 0.100. The van der Waals surface area contributed by atoms with Crippen molar-refractivity contribution in [3.8, 4) is 0 Å². The van der Waals surface area contributed by atoms with Gasteiger partial charge in [0.05, 0.1) is 18.8 Å². The second kappa shape index (κ2) is 17.9. The Kier molecular flexibility index (Phi) is 15.1. The molecule has 9 atom stereocenters. The predicted octanol–water partition coefficient (Wildman–Crippen LogP) is -0.851. The van der Waals surface area contributed by atoms with Crippen LogP contribution in [0.1, 0.15) is 47.0 Å². The number of hydrogen-bond acceptors (Lipinski definition) is 13. The number of ether oxygens (including phenoxy) is 7. The summed E-state index contributed by atoms with van der Waals surface area (Å²) in [6.45, 7) is 5.22. The lowest BCUT2D eigenvalue weighted by Crippen LogP contribution is -2.66. The maximum absolute atomic E-state index is 12.4. The minimum atomic E-state index is -1.21. The fourth-order valence-electron chi connectivity index (χ4n) is 5.21. The van der Waals surface area contributed by atoms with Crippen molar-refractivity contribution in [2.45, 2.75) is 95.9 Å². The average molecular weight is 620 g/mol. The molecule has 1 saturated heterocycles. The van der Waals surface area contributed by atoms with Crippen LogP contribution in [0.4, 0.5) is 4.79 Å². The minimum absolute atomic E-state index is 0.120. The lowest BCUT2D eigenvalue weighted by atomic mass is 9.96. The molecule has 16 nitrogen and oxygen atoms in total. The fraction of sp³-hybridized carbons (Fsp3) is 0.815. The Balaban J connectivity index is 1.95. The van der Waals surface area contributed by atoms with E-state index < -0.39 is 72.7 Å². The van der Waals surface area contributed by atoms with Gasteiger partial charge in [0, 0.05) is 61.0 Å². The topological polar surface area (TPSA) is 206 Å². The van der Waals surface area contributed by atoms with E-state index in [4.69, 9.17) is 33.2 Å². The number of amides is 3. The standard InChI is InChI=1S/C27H45N3O13/c1-14(31)29-21-25(42-17(4)34)24(41-16(3)33)20(13-40-15(2)32)43-26(21)39-10-8-7-9-28-27(36)30-19-11-18(12-37-5)22(35)23(19)38-6/h18-26,35H,7-13H2,1-6H3,(H,29,31)(H2,28,30,36)/t18-,19-,20-,21-,22?,23-,24+,25-,26-/m1/s1. The Hall–Kier alpha value is -3.05. The van der Waals surface area contributed by atoms with E-state index >= 15 is 0 Å². The van der Waals surface area contributed by atoms with Gasteiger partial charge < -0.3 is 54.2 Å². The van der Waals surface area contributed by atoms with Gasteiger partial charge in [-0.05, 0) is 19.3 Å². The van der Waals surface area contributed by atoms with Crippen molar-refractivity contribution in [2.24, 2.45) is 5.92 Å². The Morgan fingerprint density at radius 2 is 1.53 bits per heavy atom. The van der Waals surface area contributed by atoms with E-state index in [9.17, 15) is 29.1 Å². The fourth-order valence-corrected chi connectivity index (χ4v) is 5.21. The van der Waals surface area contributed by atoms with Gasteiger partial charge in [0.25, 0.3) is 0 Å². The lowest BCUT2D eigenvalue weighted by molar-refractivity contribution is -0.277. The average Bonchev–Trinajstić information content (AvgIpc) is 3.20. The summed E-state index contributed by atoms with van der Waals surface area (Å²) < 4.78 is 38.2. The summed E-state index contributed by atoms with van der Waals surface area (Å²) in [4.78, 5) is 59.7. The van der Waals surface area contributed by atoms with Crippen molar-refractivity contribution < 1.29 is 62.2 Å². The molecule has 4 N–H and O–H groups in total. The first kappa shape index (κ1) is 36.1. The molecular weight excluding hydrogens is 574 g/mol. The Morgan fingerprint density at radius 1 is 0.860 bits per heavy atom. The zero-order valence-corrected chi connectivity index (χ0v) is 25.5. The number of nitrogens with one attached hydrogen (secondary N) is 3. The molecule has 246 valence electrons. The van der Waals surface area contributed by atoms with Gasteiger partial charge in [-0.2, -0.15) is 0 Å². The minimum Gasteiger partial charge on any atom is -0.463 e. The van der Waals surface area contributed by atoms with Crippen molar-refractivity contribution in [2.75, 3.05) is 40.6 Å². The van der Waals surface area contributed by atoms with Crippen molar-refractivity contribution >= 4 is 29.8 Å². The first-order valence-corrected chi connectivity index (χ1v) is 14.1. The number of rotatable bonds is 15. The van der Waals surface area contributed by atoms with E-state index in [0.717, 1.165) is 13.8 Å². The van der Waals surface area contributed by atoms with Gasteiger partial charge in [0.1, 0.15) is 24.9 Å². The van der Waals surface area contributed by atoms with Crippen LogP contribution in [0, 0.1) is 5.92 Å². The maximum atomic E-state index is 12.4. The van der Waals surface area contributed by atoms with Crippen molar-refractivity contribution in [1.29, 1.82) is 0 Å². The molecule has 16 heteroatoms. The highest BCUT2D eigenvalue weighted by Gasteiger charge is 2.51. The second-order valence-corrected chi connectivity index (χ2v) is 10.4. The Bertz CT molecular complexity index is 951. The van der Waals surface area contributed by atoms with Crippen LogP contribution in [0.15, 0.2) is 0 Å². The lowest BCUT2D eigenvalue weighted by Gasteiger charge is -2.44. The zero-order chi connectivity index (χ0) is 32.1. The van der Waals surface area contributed by atoms with Crippen molar-refractivity contribution in [3.63, 3.8) is 0 Å². The third kappa shape index (κ3) is 11.5. The molecule has 0 radical (unpaired) electrons. The van der Waals surface area contributed by atoms with Gasteiger partial charge in [-0.25, -0.2) is 4.79 Å². The Labute approximate surface area is 250 Å². The summed E-state index contributed by atoms with van der Waals surface area (Å²) in [5, 5.41) is 18.6. The van der Waals surface area contributed by atoms with E-state index in [1.165, 1.54) is 21.0 Å². The molecule has 1 heterocycles. The summed E-state index contributed by atoms with van der Waals surface area (Å²) in [7, 11) is 3.02. The molecule has 1 saturated carbocycles. The molecule has 2 fully saturated rings. The van der Waals surface area contributed by atoms with E-state index in [0.29, 0.717) is 32.4 Å². The molecule has 0 aromatic heterocycles. The first-order valence-electron chi connectivity index (χ1n) is 14.1. The summed E-state index contributed by atoms with van der Waals surface area (Å²) in [6.07, 6.45) is -4.45. The first-order chi connectivity index (χ1) is 20.4. The zero-order valence-electron chi connectivity index (χ0n) is 25.5. The molecule has 0 spiro atoms. The molecule has 1 aliphatic carbocycles. The van der Waals surface area contributed by atoms with Gasteiger partial charge in [-0.1, -0.05) is 0 Å². The number of carbonyl (C=O) groups is 5. The predicted molar refractivity (Wildman–Crippen MR) is 146 cm³/mol. The highest BCUT2D eigenvalue weighted by molar-refractivity contribution is 5.74. The Morgan fingerprint density at radius 3 is 2.12 bits per heavy atom. The molecule has 3 amide bonds. The van der Waals surface area contributed by atoms with Crippen LogP contribution in [0.5, 0.6) is 0 Å². The summed E-state index contributed by atoms with van der Waals surface area (Å²) in [6, 6.07) is -1.84. The highest BCUT2D eigenvalue weighted by Crippen LogP contribution is 2.29. The van der Waals surface area contributed by atoms with Gasteiger partial charge in [-0.15, -0.1) is 0 Å². The molecule has 1 aliphatic heterocycles. The van der Waals surface area contributed by atoms with Crippen LogP contribution in [-0.2, 0) is 52.3 Å². The molecule has 0 aromatic rings. The van der Waals surface area contributed by atoms with Crippen LogP contribution < -0.4 is 16.0 Å². The van der Waals surface area contributed by atoms with Crippen molar-refractivity contribution in [3.05, 3.63) is 0 Å². The molecule has 2 rings (SSSR count). The number of carbonyl (C=O) groups excluding carboxylic acids is 5. The normalized spacial score (nSPS) is 30.2. The van der Waals surface area contributed by atoms with Crippen LogP contribution in [0.3, 0.4) is 0 Å². The molecule has 1 unspecified atom stereocenters. The number of methoxy groups -OCH3 is 2. The third-order valence-electron chi connectivity index (χ3n) is 6.95. The number of aliphatic hydroxyl groups is 1. The number of esters is 3. The van der Waals surface area contributed by atoms with E-state index in [2.05, 4.69) is 16.0 Å². The van der Waals surface area contributed by atoms with E-state index in [1.807, 2.05) is 0 Å². The highest BCUT2D eigenvalue weighted by atomic mass is 16.7. The molecular formula is C27H45N3O13. The van der Waals surface area contributed by atoms with Gasteiger partial charge >= 0.3 is 23.9 Å². The largest absolute Gasteiger partial charge is 0.463 e. The summed E-state index contributed by atoms with van der Waals surface area (Å²) in [5.41, 5.74) is 0. The molecule has 0 bridgehead atoms. The summed E-state index contributed by atoms with van der Waals surface area (Å²) in [5.74, 6) is -2.64. The van der Waals surface area contributed by atoms with Crippen LogP contribution in [-0.4, -0.2) is 124 Å². The van der Waals surface area contributed by atoms with Crippen LogP contribution in [0.25, 0.3) is 0 Å². The maximum Gasteiger partial charge on any atom is 0.315 e. The molecule has 43 heavy (non-hydrogen) atoms.